The molecule has 0 amide bonds. The van der Waals surface area contributed by atoms with Gasteiger partial charge in [-0.2, -0.15) is 0 Å². The lowest BCUT2D eigenvalue weighted by atomic mass is 9.81. The van der Waals surface area contributed by atoms with Gasteiger partial charge in [-0.15, -0.1) is 0 Å². The SMILES string of the molecule is CC1(C)c2ccccc2-c2ccc(-c3ccc(-c4cccc(-c5cc(-c6ccccc6)nc(-c6ccccc6)c5)c4)cc3)cc21. The van der Waals surface area contributed by atoms with Crippen LogP contribution in [0.5, 0.6) is 0 Å². The predicted octanol–water partition coefficient (Wildman–Crippen LogP) is 11.7. The molecule has 0 saturated carbocycles. The number of fused-ring (bicyclic) bond motifs is 3. The van der Waals surface area contributed by atoms with Gasteiger partial charge in [0, 0.05) is 16.5 Å². The molecule has 0 aliphatic heterocycles. The maximum atomic E-state index is 5.06. The van der Waals surface area contributed by atoms with Gasteiger partial charge in [-0.25, -0.2) is 4.98 Å². The molecule has 214 valence electrons. The van der Waals surface area contributed by atoms with E-state index in [1.807, 2.05) is 12.1 Å². The first kappa shape index (κ1) is 27.0. The summed E-state index contributed by atoms with van der Waals surface area (Å²) in [4.78, 5) is 5.06. The van der Waals surface area contributed by atoms with E-state index in [0.717, 1.165) is 28.1 Å². The highest BCUT2D eigenvalue weighted by Crippen LogP contribution is 2.49. The molecule has 1 aliphatic rings. The molecule has 0 unspecified atom stereocenters. The van der Waals surface area contributed by atoms with Crippen LogP contribution in [0.25, 0.3) is 67.0 Å². The summed E-state index contributed by atoms with van der Waals surface area (Å²) in [6.45, 7) is 4.68. The van der Waals surface area contributed by atoms with E-state index in [4.69, 9.17) is 4.98 Å². The summed E-state index contributed by atoms with van der Waals surface area (Å²) in [5.41, 5.74) is 16.9. The number of pyridine rings is 1. The summed E-state index contributed by atoms with van der Waals surface area (Å²) in [7, 11) is 0. The average molecular weight is 576 g/mol. The Morgan fingerprint density at radius 3 is 1.42 bits per heavy atom. The fourth-order valence-corrected chi connectivity index (χ4v) is 6.83. The topological polar surface area (TPSA) is 12.9 Å². The van der Waals surface area contributed by atoms with E-state index in [9.17, 15) is 0 Å². The van der Waals surface area contributed by atoms with Gasteiger partial charge >= 0.3 is 0 Å². The molecule has 1 heterocycles. The van der Waals surface area contributed by atoms with Crippen molar-refractivity contribution in [1.82, 2.24) is 4.98 Å². The minimum atomic E-state index is -0.00394. The molecule has 1 aliphatic carbocycles. The third kappa shape index (κ3) is 4.87. The number of benzene rings is 6. The zero-order valence-corrected chi connectivity index (χ0v) is 25.5. The highest BCUT2D eigenvalue weighted by Gasteiger charge is 2.35. The lowest BCUT2D eigenvalue weighted by molar-refractivity contribution is 0.660. The molecular weight excluding hydrogens is 542 g/mol. The lowest BCUT2D eigenvalue weighted by Gasteiger charge is -2.22. The van der Waals surface area contributed by atoms with Crippen molar-refractivity contribution >= 4 is 0 Å². The van der Waals surface area contributed by atoms with E-state index < -0.39 is 0 Å². The van der Waals surface area contributed by atoms with Crippen LogP contribution in [0.1, 0.15) is 25.0 Å². The first-order valence-electron chi connectivity index (χ1n) is 15.6. The molecule has 1 aromatic heterocycles. The van der Waals surface area contributed by atoms with Crippen molar-refractivity contribution in [3.05, 3.63) is 175 Å². The summed E-state index contributed by atoms with van der Waals surface area (Å²) in [5, 5.41) is 0. The Morgan fingerprint density at radius 1 is 0.333 bits per heavy atom. The van der Waals surface area contributed by atoms with Crippen LogP contribution in [0, 0.1) is 0 Å². The monoisotopic (exact) mass is 575 g/mol. The molecule has 6 aromatic carbocycles. The van der Waals surface area contributed by atoms with Gasteiger partial charge in [-0.3, -0.25) is 0 Å². The summed E-state index contributed by atoms with van der Waals surface area (Å²) >= 11 is 0. The molecule has 7 aromatic rings. The number of aromatic nitrogens is 1. The van der Waals surface area contributed by atoms with Crippen molar-refractivity contribution < 1.29 is 0 Å². The zero-order valence-electron chi connectivity index (χ0n) is 25.5. The number of nitrogens with zero attached hydrogens (tertiary/aromatic N) is 1. The summed E-state index contributed by atoms with van der Waals surface area (Å²) < 4.78 is 0. The van der Waals surface area contributed by atoms with E-state index in [2.05, 4.69) is 166 Å². The second-order valence-corrected chi connectivity index (χ2v) is 12.4. The Bertz CT molecular complexity index is 2100. The number of rotatable bonds is 5. The van der Waals surface area contributed by atoms with E-state index in [-0.39, 0.29) is 5.41 Å². The van der Waals surface area contributed by atoms with Crippen molar-refractivity contribution in [3.63, 3.8) is 0 Å². The second-order valence-electron chi connectivity index (χ2n) is 12.4. The highest BCUT2D eigenvalue weighted by atomic mass is 14.7. The largest absolute Gasteiger partial charge is 0.248 e. The van der Waals surface area contributed by atoms with Gasteiger partial charge in [0.1, 0.15) is 0 Å². The van der Waals surface area contributed by atoms with Gasteiger partial charge in [0.25, 0.3) is 0 Å². The van der Waals surface area contributed by atoms with E-state index in [1.54, 1.807) is 0 Å². The molecule has 1 nitrogen and oxygen atoms in total. The second kappa shape index (κ2) is 10.9. The van der Waals surface area contributed by atoms with Crippen molar-refractivity contribution in [2.75, 3.05) is 0 Å². The number of hydrogen-bond donors (Lipinski definition) is 0. The molecule has 1 heteroatoms. The summed E-state index contributed by atoms with van der Waals surface area (Å²) in [6, 6.07) is 58.9. The molecule has 8 rings (SSSR count). The van der Waals surface area contributed by atoms with Gasteiger partial charge in [0.15, 0.2) is 0 Å². The van der Waals surface area contributed by atoms with Crippen LogP contribution in [0.2, 0.25) is 0 Å². The van der Waals surface area contributed by atoms with Crippen LogP contribution >= 0.6 is 0 Å². The lowest BCUT2D eigenvalue weighted by Crippen LogP contribution is -2.14. The van der Waals surface area contributed by atoms with Gasteiger partial charge in [0.05, 0.1) is 11.4 Å². The smallest absolute Gasteiger partial charge is 0.0715 e. The number of hydrogen-bond acceptors (Lipinski definition) is 1. The molecule has 0 saturated heterocycles. The first-order valence-corrected chi connectivity index (χ1v) is 15.6. The fourth-order valence-electron chi connectivity index (χ4n) is 6.83. The third-order valence-corrected chi connectivity index (χ3v) is 9.30. The predicted molar refractivity (Wildman–Crippen MR) is 189 cm³/mol. The molecule has 0 radical (unpaired) electrons. The van der Waals surface area contributed by atoms with Gasteiger partial charge in [-0.05, 0) is 79.9 Å². The maximum absolute atomic E-state index is 5.06. The molecule has 0 N–H and O–H groups in total. The quantitative estimate of drug-likeness (QED) is 0.199. The van der Waals surface area contributed by atoms with E-state index in [0.29, 0.717) is 0 Å². The van der Waals surface area contributed by atoms with Crippen LogP contribution in [0.4, 0.5) is 0 Å². The third-order valence-electron chi connectivity index (χ3n) is 9.30. The minimum Gasteiger partial charge on any atom is -0.248 e. The van der Waals surface area contributed by atoms with Gasteiger partial charge in [-0.1, -0.05) is 153 Å². The average Bonchev–Trinajstić information content (AvgIpc) is 3.34. The van der Waals surface area contributed by atoms with Crippen LogP contribution in [-0.2, 0) is 5.41 Å². The normalized spacial score (nSPS) is 12.8. The van der Waals surface area contributed by atoms with Crippen molar-refractivity contribution in [2.45, 2.75) is 19.3 Å². The summed E-state index contributed by atoms with van der Waals surface area (Å²) in [5.74, 6) is 0. The Hall–Kier alpha value is -5.53. The molecule has 0 spiro atoms. The van der Waals surface area contributed by atoms with Crippen LogP contribution < -0.4 is 0 Å². The molecule has 0 fully saturated rings. The molecule has 45 heavy (non-hydrogen) atoms. The molecular formula is C44H33N. The van der Waals surface area contributed by atoms with Gasteiger partial charge < -0.3 is 0 Å². The first-order chi connectivity index (χ1) is 22.0. The summed E-state index contributed by atoms with van der Waals surface area (Å²) in [6.07, 6.45) is 0. The van der Waals surface area contributed by atoms with Crippen LogP contribution in [0.3, 0.4) is 0 Å². The Balaban J connectivity index is 1.13. The van der Waals surface area contributed by atoms with Crippen LogP contribution in [0.15, 0.2) is 164 Å². The van der Waals surface area contributed by atoms with Crippen molar-refractivity contribution in [2.24, 2.45) is 0 Å². The van der Waals surface area contributed by atoms with Crippen molar-refractivity contribution in [1.29, 1.82) is 0 Å². The van der Waals surface area contributed by atoms with Crippen molar-refractivity contribution in [3.8, 4) is 67.0 Å². The maximum Gasteiger partial charge on any atom is 0.0715 e. The Labute approximate surface area is 265 Å². The van der Waals surface area contributed by atoms with E-state index >= 15 is 0 Å². The van der Waals surface area contributed by atoms with Crippen LogP contribution in [-0.4, -0.2) is 4.98 Å². The Morgan fingerprint density at radius 2 is 0.800 bits per heavy atom. The Kier molecular flexibility index (Phi) is 6.54. The molecule has 0 bridgehead atoms. The highest BCUT2D eigenvalue weighted by molar-refractivity contribution is 5.84. The van der Waals surface area contributed by atoms with Gasteiger partial charge in [0.2, 0.25) is 0 Å². The molecule has 0 atom stereocenters. The fraction of sp³-hybridized carbons (Fsp3) is 0.0682. The van der Waals surface area contributed by atoms with E-state index in [1.165, 1.54) is 50.1 Å². The standard InChI is InChI=1S/C44H33N/c1-44(2)40-19-10-9-18-38(40)39-25-24-36(27-41(39)44)31-22-20-30(21-23-31)34-16-11-17-35(26-34)37-28-42(32-12-5-3-6-13-32)45-43(29-37)33-14-7-4-8-15-33/h3-29H,1-2H3. The zero-order chi connectivity index (χ0) is 30.4. The minimum absolute atomic E-state index is 0.00394.